The third kappa shape index (κ3) is 2.74. The highest BCUT2D eigenvalue weighted by molar-refractivity contribution is 5.88. The normalized spacial score (nSPS) is 11.1. The highest BCUT2D eigenvalue weighted by Gasteiger charge is 2.25. The molecule has 0 amide bonds. The molecule has 4 aromatic rings. The molecule has 4 rings (SSSR count). The first-order valence-electron chi connectivity index (χ1n) is 8.02. The first-order valence-corrected chi connectivity index (χ1v) is 8.02. The van der Waals surface area contributed by atoms with Gasteiger partial charge in [-0.1, -0.05) is 24.3 Å². The molecule has 0 fully saturated rings. The van der Waals surface area contributed by atoms with Crippen LogP contribution in [0.15, 0.2) is 79.3 Å². The number of nitrogens with zero attached hydrogens (tertiary/aromatic N) is 2. The molecule has 0 unspecified atom stereocenters. The maximum absolute atomic E-state index is 9.70. The van der Waals surface area contributed by atoms with Gasteiger partial charge in [0.2, 0.25) is 5.88 Å². The molecule has 0 bridgehead atoms. The SMILES string of the molecule is Cc1ccccc1C=Nc1oc(-c2ccco2)c(-c2ccco2)c1C#N. The average Bonchev–Trinajstić information content (AvgIpc) is 3.39. The molecule has 0 aliphatic heterocycles. The summed E-state index contributed by atoms with van der Waals surface area (Å²) in [5.41, 5.74) is 2.87. The van der Waals surface area contributed by atoms with Crippen molar-refractivity contribution in [3.8, 4) is 28.9 Å². The van der Waals surface area contributed by atoms with E-state index in [2.05, 4.69) is 11.1 Å². The summed E-state index contributed by atoms with van der Waals surface area (Å²) >= 11 is 0. The molecular weight excluding hydrogens is 328 g/mol. The molecule has 3 aromatic heterocycles. The molecule has 0 N–H and O–H groups in total. The van der Waals surface area contributed by atoms with E-state index in [-0.39, 0.29) is 5.88 Å². The summed E-state index contributed by atoms with van der Waals surface area (Å²) in [6.45, 7) is 2.00. The Morgan fingerprint density at radius 2 is 1.69 bits per heavy atom. The Bertz CT molecular complexity index is 1100. The van der Waals surface area contributed by atoms with Crippen molar-refractivity contribution < 1.29 is 13.3 Å². The molecular formula is C21H14N2O3. The van der Waals surface area contributed by atoms with Gasteiger partial charge in [0.05, 0.1) is 18.1 Å². The van der Waals surface area contributed by atoms with E-state index in [0.29, 0.717) is 28.4 Å². The Morgan fingerprint density at radius 3 is 2.35 bits per heavy atom. The maximum Gasteiger partial charge on any atom is 0.238 e. The van der Waals surface area contributed by atoms with Crippen LogP contribution in [0.1, 0.15) is 16.7 Å². The molecule has 5 nitrogen and oxygen atoms in total. The molecule has 0 aliphatic rings. The van der Waals surface area contributed by atoms with Crippen LogP contribution >= 0.6 is 0 Å². The van der Waals surface area contributed by atoms with Gasteiger partial charge in [-0.15, -0.1) is 0 Å². The van der Waals surface area contributed by atoms with E-state index in [1.54, 1.807) is 43.0 Å². The van der Waals surface area contributed by atoms with E-state index in [9.17, 15) is 5.26 Å². The topological polar surface area (TPSA) is 75.6 Å². The number of aliphatic imine (C=N–C) groups is 1. The van der Waals surface area contributed by atoms with Crippen LogP contribution in [0.25, 0.3) is 22.8 Å². The predicted molar refractivity (Wildman–Crippen MR) is 97.3 cm³/mol. The third-order valence-electron chi connectivity index (χ3n) is 4.02. The van der Waals surface area contributed by atoms with Crippen molar-refractivity contribution in [2.24, 2.45) is 4.99 Å². The minimum absolute atomic E-state index is 0.216. The Hall–Kier alpha value is -3.78. The van der Waals surface area contributed by atoms with Gasteiger partial charge in [-0.3, -0.25) is 0 Å². The first-order chi connectivity index (χ1) is 12.8. The Labute approximate surface area is 149 Å². The van der Waals surface area contributed by atoms with Gasteiger partial charge in [-0.05, 0) is 42.3 Å². The number of aryl methyl sites for hydroxylation is 1. The second-order valence-corrected chi connectivity index (χ2v) is 5.67. The number of hydrogen-bond acceptors (Lipinski definition) is 5. The minimum Gasteiger partial charge on any atom is -0.464 e. The van der Waals surface area contributed by atoms with E-state index in [4.69, 9.17) is 13.3 Å². The zero-order valence-electron chi connectivity index (χ0n) is 14.0. The van der Waals surface area contributed by atoms with E-state index in [1.807, 2.05) is 31.2 Å². The van der Waals surface area contributed by atoms with E-state index < -0.39 is 0 Å². The zero-order valence-corrected chi connectivity index (χ0v) is 14.0. The maximum atomic E-state index is 9.70. The monoisotopic (exact) mass is 342 g/mol. The van der Waals surface area contributed by atoms with E-state index in [0.717, 1.165) is 11.1 Å². The Balaban J connectivity index is 1.87. The fraction of sp³-hybridized carbons (Fsp3) is 0.0476. The third-order valence-corrected chi connectivity index (χ3v) is 4.02. The van der Waals surface area contributed by atoms with Crippen molar-refractivity contribution in [1.82, 2.24) is 0 Å². The van der Waals surface area contributed by atoms with Crippen molar-refractivity contribution in [2.75, 3.05) is 0 Å². The van der Waals surface area contributed by atoms with Crippen molar-refractivity contribution in [2.45, 2.75) is 6.92 Å². The van der Waals surface area contributed by atoms with Crippen LogP contribution in [0.3, 0.4) is 0 Å². The van der Waals surface area contributed by atoms with Gasteiger partial charge >= 0.3 is 0 Å². The van der Waals surface area contributed by atoms with Gasteiger partial charge in [-0.25, -0.2) is 4.99 Å². The smallest absolute Gasteiger partial charge is 0.238 e. The van der Waals surface area contributed by atoms with Gasteiger partial charge in [0.15, 0.2) is 11.5 Å². The van der Waals surface area contributed by atoms with Gasteiger partial charge in [-0.2, -0.15) is 5.26 Å². The van der Waals surface area contributed by atoms with E-state index in [1.165, 1.54) is 0 Å². The van der Waals surface area contributed by atoms with Crippen LogP contribution in [0, 0.1) is 18.3 Å². The first kappa shape index (κ1) is 15.7. The number of rotatable bonds is 4. The summed E-state index contributed by atoms with van der Waals surface area (Å²) in [6.07, 6.45) is 4.78. The number of benzene rings is 1. The quantitative estimate of drug-likeness (QED) is 0.444. The predicted octanol–water partition coefficient (Wildman–Crippen LogP) is 5.73. The molecule has 5 heteroatoms. The summed E-state index contributed by atoms with van der Waals surface area (Å²) in [5.74, 6) is 1.66. The lowest BCUT2D eigenvalue weighted by atomic mass is 10.1. The van der Waals surface area contributed by atoms with Crippen LogP contribution in [-0.2, 0) is 0 Å². The molecule has 0 radical (unpaired) electrons. The number of nitriles is 1. The van der Waals surface area contributed by atoms with Crippen LogP contribution < -0.4 is 0 Å². The standard InChI is InChI=1S/C21H14N2O3/c1-14-6-2-3-7-15(14)13-23-21-16(12-22)19(17-8-4-10-24-17)20(26-21)18-9-5-11-25-18/h2-11,13H,1H3. The molecule has 126 valence electrons. The second-order valence-electron chi connectivity index (χ2n) is 5.67. The van der Waals surface area contributed by atoms with Crippen LogP contribution in [0.2, 0.25) is 0 Å². The fourth-order valence-electron chi connectivity index (χ4n) is 2.71. The van der Waals surface area contributed by atoms with Crippen LogP contribution in [0.4, 0.5) is 5.88 Å². The summed E-state index contributed by atoms with van der Waals surface area (Å²) in [5, 5.41) is 9.70. The van der Waals surface area contributed by atoms with Gasteiger partial charge in [0, 0.05) is 6.21 Å². The van der Waals surface area contributed by atoms with Crippen LogP contribution in [-0.4, -0.2) is 6.21 Å². The van der Waals surface area contributed by atoms with Crippen molar-refractivity contribution in [3.63, 3.8) is 0 Å². The summed E-state index contributed by atoms with van der Waals surface area (Å²) in [6, 6.07) is 17.1. The Kier molecular flexibility index (Phi) is 4.00. The molecule has 0 saturated carbocycles. The lowest BCUT2D eigenvalue weighted by Gasteiger charge is -1.97. The largest absolute Gasteiger partial charge is 0.464 e. The molecule has 0 saturated heterocycles. The lowest BCUT2D eigenvalue weighted by molar-refractivity contribution is 0.527. The highest BCUT2D eigenvalue weighted by Crippen LogP contribution is 2.42. The summed E-state index contributed by atoms with van der Waals surface area (Å²) in [4.78, 5) is 4.41. The Morgan fingerprint density at radius 1 is 0.962 bits per heavy atom. The molecule has 0 aliphatic carbocycles. The van der Waals surface area contributed by atoms with Gasteiger partial charge < -0.3 is 13.3 Å². The molecule has 26 heavy (non-hydrogen) atoms. The van der Waals surface area contributed by atoms with Crippen LogP contribution in [0.5, 0.6) is 0 Å². The summed E-state index contributed by atoms with van der Waals surface area (Å²) < 4.78 is 16.8. The van der Waals surface area contributed by atoms with Crippen molar-refractivity contribution >= 4 is 12.1 Å². The van der Waals surface area contributed by atoms with Gasteiger partial charge in [0.1, 0.15) is 17.4 Å². The lowest BCUT2D eigenvalue weighted by Crippen LogP contribution is -1.85. The minimum atomic E-state index is 0.216. The summed E-state index contributed by atoms with van der Waals surface area (Å²) in [7, 11) is 0. The highest BCUT2D eigenvalue weighted by atomic mass is 16.4. The number of hydrogen-bond donors (Lipinski definition) is 0. The fourth-order valence-corrected chi connectivity index (χ4v) is 2.71. The zero-order chi connectivity index (χ0) is 17.9. The van der Waals surface area contributed by atoms with Crippen molar-refractivity contribution in [3.05, 3.63) is 77.7 Å². The molecule has 0 atom stereocenters. The molecule has 0 spiro atoms. The molecule has 3 heterocycles. The average molecular weight is 342 g/mol. The van der Waals surface area contributed by atoms with Gasteiger partial charge in [0.25, 0.3) is 0 Å². The van der Waals surface area contributed by atoms with E-state index >= 15 is 0 Å². The number of furan rings is 3. The van der Waals surface area contributed by atoms with Crippen molar-refractivity contribution in [1.29, 1.82) is 5.26 Å². The second kappa shape index (κ2) is 6.61. The molecule has 1 aromatic carbocycles.